The summed E-state index contributed by atoms with van der Waals surface area (Å²) in [5.41, 5.74) is 0. The molecule has 2 aliphatic heterocycles. The smallest absolute Gasteiger partial charge is 0.373 e. The Kier molecular flexibility index (Phi) is 8.33. The number of epoxide rings is 2. The van der Waals surface area contributed by atoms with Crippen LogP contribution < -0.4 is 0 Å². The van der Waals surface area contributed by atoms with E-state index in [1.165, 1.54) is 0 Å². The van der Waals surface area contributed by atoms with Crippen molar-refractivity contribution in [1.82, 2.24) is 0 Å². The molecule has 2 aliphatic rings. The first-order valence-electron chi connectivity index (χ1n) is 4.68. The topological polar surface area (TPSA) is 25.1 Å². The van der Waals surface area contributed by atoms with Gasteiger partial charge in [-0.05, 0) is 0 Å². The first-order chi connectivity index (χ1) is 5.86. The maximum absolute atomic E-state index is 4.91. The molecule has 2 heterocycles. The molecule has 3 heteroatoms. The number of hydrogen-bond donors (Lipinski definition) is 0. The van der Waals surface area contributed by atoms with Gasteiger partial charge in [-0.15, -0.1) is 0 Å². The Bertz CT molecular complexity index is 97.5. The minimum Gasteiger partial charge on any atom is -0.373 e. The second-order valence-electron chi connectivity index (χ2n) is 3.20. The van der Waals surface area contributed by atoms with Crippen molar-refractivity contribution in [3.05, 3.63) is 13.8 Å². The van der Waals surface area contributed by atoms with Crippen LogP contribution in [-0.2, 0) is 30.5 Å². The monoisotopic (exact) mass is 354 g/mol. The summed E-state index contributed by atoms with van der Waals surface area (Å²) in [7, 11) is 0. The summed E-state index contributed by atoms with van der Waals surface area (Å²) in [5, 5.41) is 0. The van der Waals surface area contributed by atoms with Crippen LogP contribution in [0.25, 0.3) is 0 Å². The molecule has 2 fully saturated rings. The Morgan fingerprint density at radius 3 is 1.31 bits per heavy atom. The van der Waals surface area contributed by atoms with E-state index >= 15 is 0 Å². The van der Waals surface area contributed by atoms with Crippen molar-refractivity contribution in [3.63, 3.8) is 0 Å². The fourth-order valence-electron chi connectivity index (χ4n) is 0.925. The van der Waals surface area contributed by atoms with Gasteiger partial charge < -0.3 is 23.3 Å². The van der Waals surface area contributed by atoms with Crippen molar-refractivity contribution in [1.29, 1.82) is 0 Å². The van der Waals surface area contributed by atoms with E-state index in [0.717, 1.165) is 38.9 Å². The molecule has 76 valence electrons. The Labute approximate surface area is 95.6 Å². The van der Waals surface area contributed by atoms with Gasteiger partial charge in [-0.2, -0.15) is 12.8 Å². The molecule has 0 saturated carbocycles. The zero-order valence-electron chi connectivity index (χ0n) is 8.04. The summed E-state index contributed by atoms with van der Waals surface area (Å²) in [5.74, 6) is 0. The Hall–Kier alpha value is 0.608. The second-order valence-corrected chi connectivity index (χ2v) is 3.20. The first kappa shape index (κ1) is 13.6. The molecule has 2 nitrogen and oxygen atoms in total. The van der Waals surface area contributed by atoms with E-state index in [4.69, 9.17) is 9.47 Å². The van der Waals surface area contributed by atoms with Crippen molar-refractivity contribution >= 4 is 0 Å². The van der Waals surface area contributed by atoms with Crippen LogP contribution in [0.1, 0.15) is 25.7 Å². The second kappa shape index (κ2) is 7.96. The zero-order chi connectivity index (χ0) is 8.81. The van der Waals surface area contributed by atoms with Gasteiger partial charge in [-0.3, -0.25) is 0 Å². The van der Waals surface area contributed by atoms with Crippen LogP contribution in [0.2, 0.25) is 0 Å². The van der Waals surface area contributed by atoms with Crippen molar-refractivity contribution in [2.45, 2.75) is 37.9 Å². The maximum atomic E-state index is 4.91. The summed E-state index contributed by atoms with van der Waals surface area (Å²) < 4.78 is 9.82. The summed E-state index contributed by atoms with van der Waals surface area (Å²) in [6.45, 7) is 9.33. The predicted molar refractivity (Wildman–Crippen MR) is 48.7 cm³/mol. The average molecular weight is 354 g/mol. The van der Waals surface area contributed by atoms with Crippen molar-refractivity contribution in [3.8, 4) is 0 Å². The van der Waals surface area contributed by atoms with Gasteiger partial charge in [0.15, 0.2) is 0 Å². The van der Waals surface area contributed by atoms with Crippen molar-refractivity contribution in [2.24, 2.45) is 0 Å². The predicted octanol–water partition coefficient (Wildman–Crippen LogP) is 2.00. The third-order valence-electron chi connectivity index (χ3n) is 1.86. The number of rotatable bonds is 4. The molecule has 0 spiro atoms. The Morgan fingerprint density at radius 1 is 0.923 bits per heavy atom. The molecule has 13 heavy (non-hydrogen) atoms. The van der Waals surface area contributed by atoms with Crippen LogP contribution in [0.5, 0.6) is 0 Å². The fourth-order valence-corrected chi connectivity index (χ4v) is 0.925. The van der Waals surface area contributed by atoms with E-state index in [2.05, 4.69) is 13.8 Å². The number of hydrogen-bond acceptors (Lipinski definition) is 2. The van der Waals surface area contributed by atoms with Crippen molar-refractivity contribution < 1.29 is 30.5 Å². The average Bonchev–Trinajstić information content (AvgIpc) is 2.81. The molecule has 0 N–H and O–H groups in total. The van der Waals surface area contributed by atoms with Crippen LogP contribution in [0.3, 0.4) is 0 Å². The number of ether oxygens (including phenoxy) is 2. The van der Waals surface area contributed by atoms with Crippen LogP contribution >= 0.6 is 0 Å². The van der Waals surface area contributed by atoms with Gasteiger partial charge in [0, 0.05) is 0 Å². The van der Waals surface area contributed by atoms with Gasteiger partial charge in [-0.25, -0.2) is 0 Å². The fraction of sp³-hybridized carbons (Fsp3) is 0.800. The molecule has 0 aromatic rings. The SMILES string of the molecule is [CH2-]CCC1CO1.[CH2-]CCC1CO1.[W+2]. The molecule has 0 bridgehead atoms. The molecule has 0 amide bonds. The standard InChI is InChI=1S/2C5H9O.W/c2*1-2-3-5-4-6-5;/h2*5H,1-4H2;/q2*-1;+2. The van der Waals surface area contributed by atoms with E-state index in [0.29, 0.717) is 12.2 Å². The van der Waals surface area contributed by atoms with Gasteiger partial charge in [0.05, 0.1) is 25.4 Å². The first-order valence-corrected chi connectivity index (χ1v) is 4.68. The van der Waals surface area contributed by atoms with Gasteiger partial charge in [0.2, 0.25) is 0 Å². The van der Waals surface area contributed by atoms with Gasteiger partial charge >= 0.3 is 21.1 Å². The van der Waals surface area contributed by atoms with E-state index in [-0.39, 0.29) is 21.1 Å². The molecule has 2 rings (SSSR count). The van der Waals surface area contributed by atoms with E-state index < -0.39 is 0 Å². The molecule has 0 radical (unpaired) electrons. The third-order valence-corrected chi connectivity index (χ3v) is 1.86. The summed E-state index contributed by atoms with van der Waals surface area (Å²) >= 11 is 0. The molecule has 0 aliphatic carbocycles. The quantitative estimate of drug-likeness (QED) is 0.570. The van der Waals surface area contributed by atoms with Gasteiger partial charge in [-0.1, -0.05) is 12.8 Å². The zero-order valence-corrected chi connectivity index (χ0v) is 11.0. The Morgan fingerprint density at radius 2 is 1.23 bits per heavy atom. The molecule has 2 atom stereocenters. The van der Waals surface area contributed by atoms with Crippen molar-refractivity contribution in [2.75, 3.05) is 13.2 Å². The molecule has 2 saturated heterocycles. The van der Waals surface area contributed by atoms with Crippen LogP contribution in [0, 0.1) is 13.8 Å². The van der Waals surface area contributed by atoms with E-state index in [9.17, 15) is 0 Å². The summed E-state index contributed by atoms with van der Waals surface area (Å²) in [6.07, 6.45) is 5.51. The minimum absolute atomic E-state index is 0. The molecule has 0 aromatic carbocycles. The van der Waals surface area contributed by atoms with E-state index in [1.54, 1.807) is 0 Å². The maximum Gasteiger partial charge on any atom is 2.00 e. The normalized spacial score (nSPS) is 28.2. The summed E-state index contributed by atoms with van der Waals surface area (Å²) in [4.78, 5) is 0. The molecule has 0 aromatic heterocycles. The largest absolute Gasteiger partial charge is 2.00 e. The molecule has 2 unspecified atom stereocenters. The van der Waals surface area contributed by atoms with Crippen LogP contribution in [0.15, 0.2) is 0 Å². The summed E-state index contributed by atoms with van der Waals surface area (Å²) in [6, 6.07) is 0. The van der Waals surface area contributed by atoms with Crippen LogP contribution in [-0.4, -0.2) is 25.4 Å². The third kappa shape index (κ3) is 8.93. The van der Waals surface area contributed by atoms with Gasteiger partial charge in [0.25, 0.3) is 0 Å². The molecular weight excluding hydrogens is 336 g/mol. The van der Waals surface area contributed by atoms with Gasteiger partial charge in [0.1, 0.15) is 0 Å². The van der Waals surface area contributed by atoms with Crippen LogP contribution in [0.4, 0.5) is 0 Å². The van der Waals surface area contributed by atoms with E-state index in [1.807, 2.05) is 0 Å². The molecular formula is C10H18O2W. The minimum atomic E-state index is 0. The Balaban J connectivity index is 0.000000206.